The quantitative estimate of drug-likeness (QED) is 0.115. The van der Waals surface area contributed by atoms with Gasteiger partial charge in [-0.2, -0.15) is 0 Å². The smallest absolute Gasteiger partial charge is 0.161 e. The average molecular weight is 198 g/mol. The first-order chi connectivity index (χ1) is 6.54. The van der Waals surface area contributed by atoms with Crippen molar-refractivity contribution in [3.05, 3.63) is 17.7 Å². The molecule has 0 aliphatic heterocycles. The molecule has 0 aliphatic rings. The average Bonchev–Trinajstić information content (AvgIpc) is 2.13. The lowest BCUT2D eigenvalue weighted by Gasteiger charge is -2.05. The van der Waals surface area contributed by atoms with E-state index in [1.807, 2.05) is 0 Å². The van der Waals surface area contributed by atoms with Crippen LogP contribution in [0.15, 0.2) is 17.3 Å². The van der Waals surface area contributed by atoms with Crippen molar-refractivity contribution in [2.24, 2.45) is 10.9 Å². The first kappa shape index (κ1) is 9.97. The van der Waals surface area contributed by atoms with Crippen LogP contribution in [0.2, 0.25) is 0 Å². The van der Waals surface area contributed by atoms with Crippen molar-refractivity contribution in [1.29, 1.82) is 0 Å². The largest absolute Gasteiger partial charge is 0.508 e. The zero-order valence-corrected chi connectivity index (χ0v) is 7.18. The second kappa shape index (κ2) is 3.73. The molecule has 6 N–H and O–H groups in total. The molecule has 0 unspecified atom stereocenters. The van der Waals surface area contributed by atoms with Crippen molar-refractivity contribution in [3.63, 3.8) is 0 Å². The van der Waals surface area contributed by atoms with E-state index >= 15 is 0 Å². The molecule has 1 aromatic carbocycles. The molecule has 0 fully saturated rings. The SMILES string of the molecule is N/C(Cc1cc(O)cc(O)c1O)=N/O. The lowest BCUT2D eigenvalue weighted by atomic mass is 10.1. The van der Waals surface area contributed by atoms with Crippen molar-refractivity contribution in [2.75, 3.05) is 0 Å². The second-order valence-electron chi connectivity index (χ2n) is 2.74. The number of rotatable bonds is 2. The summed E-state index contributed by atoms with van der Waals surface area (Å²) in [4.78, 5) is 0. The number of aromatic hydroxyl groups is 3. The van der Waals surface area contributed by atoms with Gasteiger partial charge in [-0.15, -0.1) is 0 Å². The second-order valence-corrected chi connectivity index (χ2v) is 2.74. The molecule has 0 atom stereocenters. The molecule has 6 nitrogen and oxygen atoms in total. The molecule has 1 aromatic rings. The molecule has 14 heavy (non-hydrogen) atoms. The third-order valence-electron chi connectivity index (χ3n) is 1.65. The molecule has 0 spiro atoms. The molecule has 0 heterocycles. The van der Waals surface area contributed by atoms with Crippen LogP contribution in [-0.2, 0) is 6.42 Å². The van der Waals surface area contributed by atoms with Crippen LogP contribution in [0.5, 0.6) is 17.2 Å². The molecule has 0 radical (unpaired) electrons. The number of benzene rings is 1. The van der Waals surface area contributed by atoms with Gasteiger partial charge in [0.05, 0.1) is 0 Å². The van der Waals surface area contributed by atoms with Crippen LogP contribution >= 0.6 is 0 Å². The topological polar surface area (TPSA) is 119 Å². The number of nitrogens with two attached hydrogens (primary N) is 1. The first-order valence-corrected chi connectivity index (χ1v) is 3.74. The Bertz CT molecular complexity index is 376. The molecule has 76 valence electrons. The summed E-state index contributed by atoms with van der Waals surface area (Å²) in [6.45, 7) is 0. The highest BCUT2D eigenvalue weighted by atomic mass is 16.4. The maximum Gasteiger partial charge on any atom is 0.161 e. The van der Waals surface area contributed by atoms with Gasteiger partial charge in [0.1, 0.15) is 11.6 Å². The van der Waals surface area contributed by atoms with E-state index in [0.717, 1.165) is 6.07 Å². The van der Waals surface area contributed by atoms with Gasteiger partial charge in [0.25, 0.3) is 0 Å². The van der Waals surface area contributed by atoms with Crippen LogP contribution in [0.3, 0.4) is 0 Å². The number of amidine groups is 1. The molecule has 0 aromatic heterocycles. The highest BCUT2D eigenvalue weighted by Crippen LogP contribution is 2.33. The lowest BCUT2D eigenvalue weighted by molar-refractivity contribution is 0.317. The number of hydrogen-bond acceptors (Lipinski definition) is 5. The molecule has 0 saturated carbocycles. The highest BCUT2D eigenvalue weighted by Gasteiger charge is 2.10. The fraction of sp³-hybridized carbons (Fsp3) is 0.125. The van der Waals surface area contributed by atoms with Crippen LogP contribution in [0.4, 0.5) is 0 Å². The van der Waals surface area contributed by atoms with E-state index < -0.39 is 11.5 Å². The predicted octanol–water partition coefficient (Wildman–Crippen LogP) is 0.0923. The van der Waals surface area contributed by atoms with Crippen molar-refractivity contribution in [3.8, 4) is 17.2 Å². The number of oxime groups is 1. The molecular weight excluding hydrogens is 188 g/mol. The number of hydrogen-bond donors (Lipinski definition) is 5. The van der Waals surface area contributed by atoms with Gasteiger partial charge < -0.3 is 26.3 Å². The van der Waals surface area contributed by atoms with Crippen molar-refractivity contribution >= 4 is 5.84 Å². The van der Waals surface area contributed by atoms with E-state index in [1.165, 1.54) is 6.07 Å². The van der Waals surface area contributed by atoms with Gasteiger partial charge in [-0.1, -0.05) is 5.16 Å². The lowest BCUT2D eigenvalue weighted by Crippen LogP contribution is -2.14. The Kier molecular flexibility index (Phi) is 2.66. The molecular formula is C8H10N2O4. The fourth-order valence-corrected chi connectivity index (χ4v) is 1.03. The summed E-state index contributed by atoms with van der Waals surface area (Å²) >= 11 is 0. The summed E-state index contributed by atoms with van der Waals surface area (Å²) in [6.07, 6.45) is -0.0652. The van der Waals surface area contributed by atoms with Gasteiger partial charge in [0, 0.05) is 18.1 Å². The maximum atomic E-state index is 9.31. The Morgan fingerprint density at radius 3 is 2.50 bits per heavy atom. The normalized spacial score (nSPS) is 11.6. The van der Waals surface area contributed by atoms with Crippen LogP contribution in [0, 0.1) is 0 Å². The van der Waals surface area contributed by atoms with Gasteiger partial charge in [0.15, 0.2) is 11.5 Å². The monoisotopic (exact) mass is 198 g/mol. The third-order valence-corrected chi connectivity index (χ3v) is 1.65. The Morgan fingerprint density at radius 2 is 1.93 bits per heavy atom. The fourth-order valence-electron chi connectivity index (χ4n) is 1.03. The summed E-state index contributed by atoms with van der Waals surface area (Å²) in [5, 5.41) is 38.5. The summed E-state index contributed by atoms with van der Waals surface area (Å²) in [6, 6.07) is 2.21. The third kappa shape index (κ3) is 1.98. The molecule has 0 amide bonds. The minimum Gasteiger partial charge on any atom is -0.508 e. The Morgan fingerprint density at radius 1 is 1.29 bits per heavy atom. The van der Waals surface area contributed by atoms with E-state index in [9.17, 15) is 5.11 Å². The first-order valence-electron chi connectivity index (χ1n) is 3.74. The molecule has 1 rings (SSSR count). The Labute approximate surface area is 79.5 Å². The summed E-state index contributed by atoms with van der Waals surface area (Å²) < 4.78 is 0. The van der Waals surface area contributed by atoms with Crippen molar-refractivity contribution in [1.82, 2.24) is 0 Å². The predicted molar refractivity (Wildman–Crippen MR) is 48.5 cm³/mol. The Balaban J connectivity index is 3.08. The number of phenols is 3. The Hall–Kier alpha value is -2.11. The van der Waals surface area contributed by atoms with Crippen LogP contribution < -0.4 is 5.73 Å². The van der Waals surface area contributed by atoms with E-state index in [2.05, 4.69) is 5.16 Å². The van der Waals surface area contributed by atoms with Gasteiger partial charge in [-0.25, -0.2) is 0 Å². The minimum absolute atomic E-state index is 0.0652. The van der Waals surface area contributed by atoms with E-state index in [1.54, 1.807) is 0 Å². The minimum atomic E-state index is -0.453. The molecule has 0 aliphatic carbocycles. The van der Waals surface area contributed by atoms with Gasteiger partial charge in [-0.3, -0.25) is 0 Å². The van der Waals surface area contributed by atoms with Gasteiger partial charge in [-0.05, 0) is 6.07 Å². The zero-order valence-electron chi connectivity index (χ0n) is 7.18. The molecule has 0 saturated heterocycles. The van der Waals surface area contributed by atoms with Crippen LogP contribution in [-0.4, -0.2) is 26.4 Å². The van der Waals surface area contributed by atoms with Crippen LogP contribution in [0.25, 0.3) is 0 Å². The molecule has 0 bridgehead atoms. The summed E-state index contributed by atoms with van der Waals surface area (Å²) in [5.74, 6) is -1.19. The molecule has 6 heteroatoms. The van der Waals surface area contributed by atoms with Gasteiger partial charge >= 0.3 is 0 Å². The number of phenolic OH excluding ortho intramolecular Hbond substituents is 3. The summed E-state index contributed by atoms with van der Waals surface area (Å²) in [5.41, 5.74) is 5.38. The maximum absolute atomic E-state index is 9.31. The zero-order chi connectivity index (χ0) is 10.7. The van der Waals surface area contributed by atoms with E-state index in [-0.39, 0.29) is 23.6 Å². The van der Waals surface area contributed by atoms with Crippen LogP contribution in [0.1, 0.15) is 5.56 Å². The standard InChI is InChI=1S/C8H10N2O4/c9-7(10-14)2-4-1-5(11)3-6(12)8(4)13/h1,3,11-14H,2H2,(H2,9,10). The summed E-state index contributed by atoms with van der Waals surface area (Å²) in [7, 11) is 0. The highest BCUT2D eigenvalue weighted by molar-refractivity contribution is 5.83. The van der Waals surface area contributed by atoms with E-state index in [0.29, 0.717) is 0 Å². The van der Waals surface area contributed by atoms with E-state index in [4.69, 9.17) is 21.2 Å². The van der Waals surface area contributed by atoms with Crippen molar-refractivity contribution < 1.29 is 20.5 Å². The van der Waals surface area contributed by atoms with Crippen molar-refractivity contribution in [2.45, 2.75) is 6.42 Å². The number of nitrogens with zero attached hydrogens (tertiary/aromatic N) is 1. The van der Waals surface area contributed by atoms with Gasteiger partial charge in [0.2, 0.25) is 0 Å².